The third-order valence-electron chi connectivity index (χ3n) is 7.56. The van der Waals surface area contributed by atoms with Gasteiger partial charge in [0, 0.05) is 70.3 Å². The van der Waals surface area contributed by atoms with Gasteiger partial charge < -0.3 is 14.9 Å². The highest BCUT2D eigenvalue weighted by Gasteiger charge is 2.35. The van der Waals surface area contributed by atoms with Crippen molar-refractivity contribution >= 4 is 17.7 Å². The van der Waals surface area contributed by atoms with Gasteiger partial charge in [-0.2, -0.15) is 13.2 Å². The number of hydrazine groups is 1. The summed E-state index contributed by atoms with van der Waals surface area (Å²) in [5.74, 6) is -1.06. The van der Waals surface area contributed by atoms with Gasteiger partial charge in [0.15, 0.2) is 0 Å². The zero-order valence-corrected chi connectivity index (χ0v) is 20.0. The third kappa shape index (κ3) is 5.16. The van der Waals surface area contributed by atoms with Gasteiger partial charge in [-0.1, -0.05) is 6.07 Å². The van der Waals surface area contributed by atoms with E-state index in [1.807, 2.05) is 0 Å². The molecule has 2 amide bonds. The summed E-state index contributed by atoms with van der Waals surface area (Å²) in [7, 11) is 0. The lowest BCUT2D eigenvalue weighted by molar-refractivity contribution is -0.139. The van der Waals surface area contributed by atoms with Crippen LogP contribution in [0.4, 0.5) is 23.7 Å². The molecule has 12 heteroatoms. The number of rotatable bonds is 4. The number of nitrogens with one attached hydrogen (secondary N) is 1. The topological polar surface area (TPSA) is 82.6 Å². The molecule has 4 heterocycles. The Labute approximate surface area is 207 Å². The van der Waals surface area contributed by atoms with Crippen LogP contribution in [0, 0.1) is 0 Å². The highest BCUT2D eigenvalue weighted by molar-refractivity contribution is 5.80. The predicted octanol–water partition coefficient (Wildman–Crippen LogP) is 2.01. The fraction of sp³-hybridized carbons (Fsp3) is 0.583. The fourth-order valence-electron chi connectivity index (χ4n) is 5.53. The molecule has 0 bridgehead atoms. The SMILES string of the molecule is O=C(O)C1C=CN(C(=O)N2CCN(Cc3ccc(C(F)(F)F)cc3N3CCN4CCC[C@H]4C3)CC2)N1. The number of halogens is 3. The van der Waals surface area contributed by atoms with E-state index in [2.05, 4.69) is 20.1 Å². The van der Waals surface area contributed by atoms with E-state index in [9.17, 15) is 22.8 Å². The van der Waals surface area contributed by atoms with Crippen molar-refractivity contribution in [3.63, 3.8) is 0 Å². The first-order valence-electron chi connectivity index (χ1n) is 12.4. The van der Waals surface area contributed by atoms with Crippen molar-refractivity contribution < 1.29 is 27.9 Å². The van der Waals surface area contributed by atoms with Gasteiger partial charge in [-0.3, -0.25) is 14.6 Å². The molecule has 196 valence electrons. The normalized spacial score (nSPS) is 25.5. The van der Waals surface area contributed by atoms with Crippen molar-refractivity contribution in [3.8, 4) is 0 Å². The minimum atomic E-state index is -4.40. The lowest BCUT2D eigenvalue weighted by Crippen LogP contribution is -2.54. The molecule has 3 saturated heterocycles. The van der Waals surface area contributed by atoms with Crippen LogP contribution < -0.4 is 10.3 Å². The summed E-state index contributed by atoms with van der Waals surface area (Å²) >= 11 is 0. The number of hydrogen-bond acceptors (Lipinski definition) is 6. The average molecular weight is 509 g/mol. The maximum Gasteiger partial charge on any atom is 0.416 e. The number of urea groups is 1. The summed E-state index contributed by atoms with van der Waals surface area (Å²) in [4.78, 5) is 32.2. The number of carbonyl (C=O) groups is 2. The number of carboxylic acid groups (broad SMARTS) is 1. The van der Waals surface area contributed by atoms with Crippen molar-refractivity contribution in [2.24, 2.45) is 0 Å². The van der Waals surface area contributed by atoms with Gasteiger partial charge >= 0.3 is 18.2 Å². The van der Waals surface area contributed by atoms with Crippen molar-refractivity contribution in [2.45, 2.75) is 37.6 Å². The number of piperazine rings is 2. The Hall–Kier alpha value is -2.83. The number of hydrogen-bond donors (Lipinski definition) is 2. The summed E-state index contributed by atoms with van der Waals surface area (Å²) in [5.41, 5.74) is 3.52. The van der Waals surface area contributed by atoms with Gasteiger partial charge in [0.1, 0.15) is 6.04 Å². The largest absolute Gasteiger partial charge is 0.480 e. The number of carboxylic acids is 1. The minimum Gasteiger partial charge on any atom is -0.480 e. The molecule has 1 unspecified atom stereocenters. The molecule has 4 aliphatic rings. The number of benzene rings is 1. The second-order valence-electron chi connectivity index (χ2n) is 9.82. The Morgan fingerprint density at radius 2 is 1.83 bits per heavy atom. The number of alkyl halides is 3. The number of carbonyl (C=O) groups excluding carboxylic acids is 1. The Morgan fingerprint density at radius 1 is 1.06 bits per heavy atom. The van der Waals surface area contributed by atoms with E-state index in [1.165, 1.54) is 23.4 Å². The van der Waals surface area contributed by atoms with E-state index in [1.54, 1.807) is 11.0 Å². The molecule has 1 aromatic rings. The van der Waals surface area contributed by atoms with E-state index in [0.717, 1.165) is 44.1 Å². The highest BCUT2D eigenvalue weighted by Crippen LogP contribution is 2.35. The fourth-order valence-corrected chi connectivity index (χ4v) is 5.53. The molecule has 4 aliphatic heterocycles. The zero-order valence-electron chi connectivity index (χ0n) is 20.0. The lowest BCUT2D eigenvalue weighted by atomic mass is 10.0. The third-order valence-corrected chi connectivity index (χ3v) is 7.56. The molecule has 0 aliphatic carbocycles. The van der Waals surface area contributed by atoms with Crippen LogP contribution in [0.15, 0.2) is 30.5 Å². The first-order valence-corrected chi connectivity index (χ1v) is 12.4. The molecule has 0 radical (unpaired) electrons. The highest BCUT2D eigenvalue weighted by atomic mass is 19.4. The maximum absolute atomic E-state index is 13.5. The monoisotopic (exact) mass is 508 g/mol. The molecule has 0 spiro atoms. The molecular formula is C24H31F3N6O3. The molecule has 1 aromatic carbocycles. The van der Waals surface area contributed by atoms with Crippen LogP contribution in [-0.2, 0) is 17.5 Å². The van der Waals surface area contributed by atoms with Crippen molar-refractivity contribution in [3.05, 3.63) is 41.6 Å². The second kappa shape index (κ2) is 9.91. The summed E-state index contributed by atoms with van der Waals surface area (Å²) in [5, 5.41) is 10.3. The molecule has 3 fully saturated rings. The van der Waals surface area contributed by atoms with Crippen molar-refractivity contribution in [1.82, 2.24) is 25.1 Å². The Bertz CT molecular complexity index is 1030. The predicted molar refractivity (Wildman–Crippen MR) is 126 cm³/mol. The number of nitrogens with zero attached hydrogens (tertiary/aromatic N) is 5. The first-order chi connectivity index (χ1) is 17.2. The van der Waals surface area contributed by atoms with Gasteiger partial charge in [0.25, 0.3) is 0 Å². The maximum atomic E-state index is 13.5. The molecule has 0 saturated carbocycles. The van der Waals surface area contributed by atoms with E-state index < -0.39 is 23.8 Å². The molecule has 2 atom stereocenters. The molecule has 5 rings (SSSR count). The van der Waals surface area contributed by atoms with Gasteiger partial charge in [-0.25, -0.2) is 15.2 Å². The van der Waals surface area contributed by atoms with Crippen LogP contribution >= 0.6 is 0 Å². The van der Waals surface area contributed by atoms with Crippen molar-refractivity contribution in [1.29, 1.82) is 0 Å². The summed E-state index contributed by atoms with van der Waals surface area (Å²) in [6.45, 7) is 5.91. The number of amides is 2. The smallest absolute Gasteiger partial charge is 0.416 e. The molecule has 0 aromatic heterocycles. The standard InChI is InChI=1S/C24H31F3N6O3/c25-24(26,27)18-4-3-17(21(14-18)32-13-12-30-6-1-2-19(30)16-32)15-29-8-10-31(11-9-29)23(36)33-7-5-20(28-33)22(34)35/h3-5,7,14,19-20,28H,1-2,6,8-13,15-16H2,(H,34,35)/t19-,20?/m0/s1. The van der Waals surface area contributed by atoms with Crippen LogP contribution in [0.5, 0.6) is 0 Å². The van der Waals surface area contributed by atoms with Crippen LogP contribution in [-0.4, -0.2) is 101 Å². The molecule has 36 heavy (non-hydrogen) atoms. The van der Waals surface area contributed by atoms with Gasteiger partial charge in [0.2, 0.25) is 0 Å². The van der Waals surface area contributed by atoms with E-state index in [-0.39, 0.29) is 6.03 Å². The second-order valence-corrected chi connectivity index (χ2v) is 9.82. The van der Waals surface area contributed by atoms with Gasteiger partial charge in [-0.15, -0.1) is 0 Å². The zero-order chi connectivity index (χ0) is 25.4. The molecule has 9 nitrogen and oxygen atoms in total. The minimum absolute atomic E-state index is 0.320. The van der Waals surface area contributed by atoms with Gasteiger partial charge in [0.05, 0.1) is 5.56 Å². The van der Waals surface area contributed by atoms with Crippen LogP contribution in [0.1, 0.15) is 24.0 Å². The quantitative estimate of drug-likeness (QED) is 0.644. The summed E-state index contributed by atoms with van der Waals surface area (Å²) in [6, 6.07) is 3.20. The molecular weight excluding hydrogens is 477 g/mol. The van der Waals surface area contributed by atoms with E-state index in [4.69, 9.17) is 5.11 Å². The average Bonchev–Trinajstić information content (AvgIpc) is 3.53. The van der Waals surface area contributed by atoms with E-state index in [0.29, 0.717) is 51.0 Å². The van der Waals surface area contributed by atoms with Crippen LogP contribution in [0.2, 0.25) is 0 Å². The Kier molecular flexibility index (Phi) is 6.84. The van der Waals surface area contributed by atoms with Crippen LogP contribution in [0.25, 0.3) is 0 Å². The van der Waals surface area contributed by atoms with Crippen LogP contribution in [0.3, 0.4) is 0 Å². The summed E-state index contributed by atoms with van der Waals surface area (Å²) in [6.07, 6.45) is 0.651. The lowest BCUT2D eigenvalue weighted by Gasteiger charge is -2.41. The van der Waals surface area contributed by atoms with E-state index >= 15 is 0 Å². The van der Waals surface area contributed by atoms with Gasteiger partial charge in [-0.05, 0) is 43.2 Å². The number of anilines is 1. The Morgan fingerprint density at radius 3 is 2.53 bits per heavy atom. The number of aliphatic carboxylic acids is 1. The first kappa shape index (κ1) is 24.8. The summed E-state index contributed by atoms with van der Waals surface area (Å²) < 4.78 is 40.6. The number of fused-ring (bicyclic) bond motifs is 1. The molecule has 2 N–H and O–H groups in total. The Balaban J connectivity index is 1.24. The van der Waals surface area contributed by atoms with Crippen molar-refractivity contribution in [2.75, 3.05) is 57.3 Å².